The zero-order valence-electron chi connectivity index (χ0n) is 9.73. The first-order chi connectivity index (χ1) is 7.59. The fourth-order valence-electron chi connectivity index (χ4n) is 1.30. The average Bonchev–Trinajstić information content (AvgIpc) is 2.24. The maximum absolute atomic E-state index is 10.7. The summed E-state index contributed by atoms with van der Waals surface area (Å²) in [5.74, 6) is -0.310. The molecule has 0 aliphatic carbocycles. The fourth-order valence-corrected chi connectivity index (χ4v) is 1.30. The smallest absolute Gasteiger partial charge is 0.354 e. The van der Waals surface area contributed by atoms with Crippen LogP contribution in [-0.4, -0.2) is 22.6 Å². The molecule has 0 unspecified atom stereocenters. The third kappa shape index (κ3) is 4.40. The molecule has 88 valence electrons. The SMILES string of the molecule is CC(C)CCNCc1cccc(C(=O)O)n1. The van der Waals surface area contributed by atoms with Crippen molar-refractivity contribution in [2.45, 2.75) is 26.8 Å². The lowest BCUT2D eigenvalue weighted by Gasteiger charge is -2.06. The summed E-state index contributed by atoms with van der Waals surface area (Å²) in [7, 11) is 0. The predicted octanol–water partition coefficient (Wildman–Crippen LogP) is 1.92. The second kappa shape index (κ2) is 6.23. The van der Waals surface area contributed by atoms with Crippen molar-refractivity contribution in [2.24, 2.45) is 5.92 Å². The van der Waals surface area contributed by atoms with Crippen molar-refractivity contribution in [2.75, 3.05) is 6.54 Å². The number of carbonyl (C=O) groups is 1. The summed E-state index contributed by atoms with van der Waals surface area (Å²) in [6, 6.07) is 5.05. The molecule has 0 saturated carbocycles. The molecule has 16 heavy (non-hydrogen) atoms. The summed E-state index contributed by atoms with van der Waals surface area (Å²) < 4.78 is 0. The van der Waals surface area contributed by atoms with E-state index in [-0.39, 0.29) is 5.69 Å². The highest BCUT2D eigenvalue weighted by molar-refractivity contribution is 5.85. The van der Waals surface area contributed by atoms with Crippen LogP contribution in [0, 0.1) is 5.92 Å². The van der Waals surface area contributed by atoms with Gasteiger partial charge in [0.2, 0.25) is 0 Å². The normalized spacial score (nSPS) is 10.7. The van der Waals surface area contributed by atoms with Gasteiger partial charge in [-0.15, -0.1) is 0 Å². The minimum Gasteiger partial charge on any atom is -0.477 e. The van der Waals surface area contributed by atoms with Gasteiger partial charge >= 0.3 is 5.97 Å². The Bertz CT molecular complexity index is 351. The molecular formula is C12H18N2O2. The topological polar surface area (TPSA) is 62.2 Å². The molecule has 0 amide bonds. The average molecular weight is 222 g/mol. The molecule has 2 N–H and O–H groups in total. The van der Waals surface area contributed by atoms with E-state index >= 15 is 0 Å². The number of carboxylic acid groups (broad SMARTS) is 1. The van der Waals surface area contributed by atoms with E-state index in [2.05, 4.69) is 24.1 Å². The van der Waals surface area contributed by atoms with Crippen molar-refractivity contribution < 1.29 is 9.90 Å². The summed E-state index contributed by atoms with van der Waals surface area (Å²) in [5.41, 5.74) is 0.867. The van der Waals surface area contributed by atoms with Crippen LogP contribution in [0.2, 0.25) is 0 Å². The summed E-state index contributed by atoms with van der Waals surface area (Å²) in [4.78, 5) is 14.7. The van der Waals surface area contributed by atoms with Crippen LogP contribution in [0.4, 0.5) is 0 Å². The first-order valence-electron chi connectivity index (χ1n) is 5.49. The molecule has 1 heterocycles. The van der Waals surface area contributed by atoms with Crippen LogP contribution in [0.1, 0.15) is 36.5 Å². The Labute approximate surface area is 95.7 Å². The summed E-state index contributed by atoms with van der Waals surface area (Å²) in [5, 5.41) is 12.0. The zero-order valence-corrected chi connectivity index (χ0v) is 9.73. The number of hydrogen-bond acceptors (Lipinski definition) is 3. The van der Waals surface area contributed by atoms with Crippen LogP contribution < -0.4 is 5.32 Å². The first-order valence-corrected chi connectivity index (χ1v) is 5.49. The van der Waals surface area contributed by atoms with E-state index in [1.54, 1.807) is 6.07 Å². The van der Waals surface area contributed by atoms with Gasteiger partial charge in [-0.25, -0.2) is 9.78 Å². The van der Waals surface area contributed by atoms with Crippen molar-refractivity contribution in [3.8, 4) is 0 Å². The number of rotatable bonds is 6. The molecule has 0 bridgehead atoms. The van der Waals surface area contributed by atoms with Crippen molar-refractivity contribution >= 4 is 5.97 Å². The Morgan fingerprint density at radius 1 is 1.50 bits per heavy atom. The molecule has 0 spiro atoms. The molecule has 4 heteroatoms. The van der Waals surface area contributed by atoms with Gasteiger partial charge in [-0.1, -0.05) is 19.9 Å². The Morgan fingerprint density at radius 2 is 2.25 bits per heavy atom. The monoisotopic (exact) mass is 222 g/mol. The van der Waals surface area contributed by atoms with E-state index in [1.807, 2.05) is 6.07 Å². The summed E-state index contributed by atoms with van der Waals surface area (Å²) >= 11 is 0. The molecule has 0 aliphatic heterocycles. The first kappa shape index (κ1) is 12.6. The van der Waals surface area contributed by atoms with Crippen LogP contribution in [0.3, 0.4) is 0 Å². The Morgan fingerprint density at radius 3 is 2.88 bits per heavy atom. The lowest BCUT2D eigenvalue weighted by Crippen LogP contribution is -2.17. The zero-order chi connectivity index (χ0) is 12.0. The van der Waals surface area contributed by atoms with E-state index in [0.717, 1.165) is 18.7 Å². The number of aromatic nitrogens is 1. The van der Waals surface area contributed by atoms with Crippen LogP contribution >= 0.6 is 0 Å². The third-order valence-corrected chi connectivity index (χ3v) is 2.23. The Hall–Kier alpha value is -1.42. The molecule has 0 fully saturated rings. The third-order valence-electron chi connectivity index (χ3n) is 2.23. The van der Waals surface area contributed by atoms with Gasteiger partial charge in [-0.2, -0.15) is 0 Å². The lowest BCUT2D eigenvalue weighted by molar-refractivity contribution is 0.0690. The van der Waals surface area contributed by atoms with Gasteiger partial charge in [-0.05, 0) is 31.0 Å². The highest BCUT2D eigenvalue weighted by Gasteiger charge is 2.04. The van der Waals surface area contributed by atoms with E-state index < -0.39 is 5.97 Å². The fraction of sp³-hybridized carbons (Fsp3) is 0.500. The molecule has 4 nitrogen and oxygen atoms in total. The van der Waals surface area contributed by atoms with Gasteiger partial charge in [0, 0.05) is 6.54 Å². The highest BCUT2D eigenvalue weighted by Crippen LogP contribution is 2.00. The van der Waals surface area contributed by atoms with Gasteiger partial charge in [0.05, 0.1) is 5.69 Å². The predicted molar refractivity (Wildman–Crippen MR) is 62.4 cm³/mol. The Kier molecular flexibility index (Phi) is 4.92. The molecule has 0 aromatic carbocycles. The summed E-state index contributed by atoms with van der Waals surface area (Å²) in [6.07, 6.45) is 1.11. The largest absolute Gasteiger partial charge is 0.477 e. The number of aromatic carboxylic acids is 1. The second-order valence-corrected chi connectivity index (χ2v) is 4.18. The minimum atomic E-state index is -0.982. The molecule has 0 aliphatic rings. The van der Waals surface area contributed by atoms with Crippen LogP contribution in [0.5, 0.6) is 0 Å². The number of carboxylic acids is 1. The van der Waals surface area contributed by atoms with Crippen molar-refractivity contribution in [3.63, 3.8) is 0 Å². The molecule has 0 radical (unpaired) electrons. The quantitative estimate of drug-likeness (QED) is 0.722. The number of nitrogens with one attached hydrogen (secondary N) is 1. The molecule has 0 atom stereocenters. The van der Waals surface area contributed by atoms with Crippen LogP contribution in [0.25, 0.3) is 0 Å². The van der Waals surface area contributed by atoms with Gasteiger partial charge < -0.3 is 10.4 Å². The maximum atomic E-state index is 10.7. The standard InChI is InChI=1S/C12H18N2O2/c1-9(2)6-7-13-8-10-4-3-5-11(14-10)12(15)16/h3-5,9,13H,6-8H2,1-2H3,(H,15,16). The van der Waals surface area contributed by atoms with Crippen LogP contribution in [-0.2, 0) is 6.54 Å². The second-order valence-electron chi connectivity index (χ2n) is 4.18. The van der Waals surface area contributed by atoms with Crippen molar-refractivity contribution in [3.05, 3.63) is 29.6 Å². The van der Waals surface area contributed by atoms with E-state index in [1.165, 1.54) is 6.07 Å². The Balaban J connectivity index is 2.42. The maximum Gasteiger partial charge on any atom is 0.354 e. The number of nitrogens with zero attached hydrogens (tertiary/aromatic N) is 1. The molecule has 0 saturated heterocycles. The molecule has 1 aromatic heterocycles. The van der Waals surface area contributed by atoms with E-state index in [0.29, 0.717) is 12.5 Å². The van der Waals surface area contributed by atoms with Gasteiger partial charge in [0.25, 0.3) is 0 Å². The number of hydrogen-bond donors (Lipinski definition) is 2. The lowest BCUT2D eigenvalue weighted by atomic mass is 10.1. The van der Waals surface area contributed by atoms with E-state index in [4.69, 9.17) is 5.11 Å². The summed E-state index contributed by atoms with van der Waals surface area (Å²) in [6.45, 7) is 5.89. The molecule has 1 aromatic rings. The molecule has 1 rings (SSSR count). The van der Waals surface area contributed by atoms with Crippen molar-refractivity contribution in [1.82, 2.24) is 10.3 Å². The molecular weight excluding hydrogens is 204 g/mol. The number of pyridine rings is 1. The van der Waals surface area contributed by atoms with Gasteiger partial charge in [0.1, 0.15) is 5.69 Å². The minimum absolute atomic E-state index is 0.100. The van der Waals surface area contributed by atoms with E-state index in [9.17, 15) is 4.79 Å². The van der Waals surface area contributed by atoms with Gasteiger partial charge in [-0.3, -0.25) is 0 Å². The van der Waals surface area contributed by atoms with Gasteiger partial charge in [0.15, 0.2) is 0 Å². The highest BCUT2D eigenvalue weighted by atomic mass is 16.4. The van der Waals surface area contributed by atoms with Crippen molar-refractivity contribution in [1.29, 1.82) is 0 Å². The van der Waals surface area contributed by atoms with Crippen LogP contribution in [0.15, 0.2) is 18.2 Å².